The van der Waals surface area contributed by atoms with E-state index in [1.807, 2.05) is 0 Å². The molecule has 0 aliphatic rings. The topological polar surface area (TPSA) is 24.5 Å². The van der Waals surface area contributed by atoms with Crippen LogP contribution in [0.3, 0.4) is 0 Å². The van der Waals surface area contributed by atoms with E-state index in [0.29, 0.717) is 5.92 Å². The molecule has 0 bridgehead atoms. The molecular weight excluding hydrogens is 236 g/mol. The minimum Gasteiger partial charge on any atom is -0.383 e. The molecule has 19 heavy (non-hydrogen) atoms. The zero-order valence-corrected chi connectivity index (χ0v) is 13.0. The Kier molecular flexibility index (Phi) is 6.89. The molecule has 0 spiro atoms. The predicted octanol–water partition coefficient (Wildman–Crippen LogP) is 2.82. The summed E-state index contributed by atoms with van der Waals surface area (Å²) in [4.78, 5) is 2.26. The van der Waals surface area contributed by atoms with Crippen molar-refractivity contribution < 1.29 is 4.74 Å². The van der Waals surface area contributed by atoms with Gasteiger partial charge in [-0.2, -0.15) is 0 Å². The van der Waals surface area contributed by atoms with Gasteiger partial charge in [-0.25, -0.2) is 0 Å². The summed E-state index contributed by atoms with van der Waals surface area (Å²) in [7, 11) is 3.86. The molecule has 0 saturated carbocycles. The van der Waals surface area contributed by atoms with Gasteiger partial charge in [0, 0.05) is 32.9 Å². The van der Waals surface area contributed by atoms with Crippen molar-refractivity contribution in [2.45, 2.75) is 27.3 Å². The van der Waals surface area contributed by atoms with Gasteiger partial charge in [-0.3, -0.25) is 0 Å². The number of benzene rings is 1. The molecule has 0 aliphatic heterocycles. The highest BCUT2D eigenvalue weighted by Gasteiger charge is 2.07. The van der Waals surface area contributed by atoms with Crippen molar-refractivity contribution in [3.8, 4) is 0 Å². The Labute approximate surface area is 118 Å². The minimum atomic E-state index is 0.680. The van der Waals surface area contributed by atoms with Crippen LogP contribution in [-0.4, -0.2) is 33.9 Å². The number of rotatable bonds is 8. The van der Waals surface area contributed by atoms with E-state index >= 15 is 0 Å². The highest BCUT2D eigenvalue weighted by Crippen LogP contribution is 2.20. The van der Waals surface area contributed by atoms with E-state index in [4.69, 9.17) is 4.74 Å². The Morgan fingerprint density at radius 2 is 2.05 bits per heavy atom. The van der Waals surface area contributed by atoms with Crippen molar-refractivity contribution in [2.24, 2.45) is 5.92 Å². The highest BCUT2D eigenvalue weighted by molar-refractivity contribution is 5.54. The van der Waals surface area contributed by atoms with Gasteiger partial charge >= 0.3 is 0 Å². The first-order valence-corrected chi connectivity index (χ1v) is 7.05. The lowest BCUT2D eigenvalue weighted by Gasteiger charge is -2.23. The molecule has 0 aromatic heterocycles. The molecule has 0 unspecified atom stereocenters. The zero-order chi connectivity index (χ0) is 14.3. The van der Waals surface area contributed by atoms with Gasteiger partial charge in [-0.1, -0.05) is 31.5 Å². The third kappa shape index (κ3) is 5.62. The molecule has 1 N–H and O–H groups in total. The van der Waals surface area contributed by atoms with Crippen molar-refractivity contribution >= 4 is 5.69 Å². The van der Waals surface area contributed by atoms with E-state index in [1.165, 1.54) is 16.8 Å². The van der Waals surface area contributed by atoms with Crippen molar-refractivity contribution in [2.75, 3.05) is 38.8 Å². The lowest BCUT2D eigenvalue weighted by Crippen LogP contribution is -2.25. The summed E-state index contributed by atoms with van der Waals surface area (Å²) < 4.78 is 5.15. The van der Waals surface area contributed by atoms with Crippen LogP contribution in [0.2, 0.25) is 0 Å². The number of likely N-dealkylation sites (N-methyl/N-ethyl adjacent to an activating group) is 1. The smallest absolute Gasteiger partial charge is 0.0637 e. The van der Waals surface area contributed by atoms with Gasteiger partial charge in [0.15, 0.2) is 0 Å². The van der Waals surface area contributed by atoms with Gasteiger partial charge < -0.3 is 15.0 Å². The van der Waals surface area contributed by atoms with Crippen molar-refractivity contribution in [3.63, 3.8) is 0 Å². The third-order valence-electron chi connectivity index (χ3n) is 3.15. The van der Waals surface area contributed by atoms with Gasteiger partial charge in [-0.15, -0.1) is 0 Å². The van der Waals surface area contributed by atoms with E-state index in [0.717, 1.165) is 26.2 Å². The second kappa shape index (κ2) is 8.18. The summed E-state index contributed by atoms with van der Waals surface area (Å²) >= 11 is 0. The number of nitrogens with one attached hydrogen (secondary N) is 1. The standard InChI is InChI=1S/C16H28N2O/c1-13(2)11-17-12-15-10-14(3)6-7-16(15)18(4)8-9-19-5/h6-7,10,13,17H,8-9,11-12H2,1-5H3. The van der Waals surface area contributed by atoms with Crippen molar-refractivity contribution in [3.05, 3.63) is 29.3 Å². The molecule has 1 aromatic carbocycles. The van der Waals surface area contributed by atoms with E-state index in [9.17, 15) is 0 Å². The minimum absolute atomic E-state index is 0.680. The van der Waals surface area contributed by atoms with Crippen LogP contribution in [0.4, 0.5) is 5.69 Å². The average Bonchev–Trinajstić information content (AvgIpc) is 2.35. The molecule has 3 nitrogen and oxygen atoms in total. The summed E-state index contributed by atoms with van der Waals surface area (Å²) in [6, 6.07) is 6.65. The molecule has 0 fully saturated rings. The van der Waals surface area contributed by atoms with Crippen molar-refractivity contribution in [1.82, 2.24) is 5.32 Å². The lowest BCUT2D eigenvalue weighted by atomic mass is 10.1. The third-order valence-corrected chi connectivity index (χ3v) is 3.15. The van der Waals surface area contributed by atoms with E-state index < -0.39 is 0 Å². The molecule has 0 atom stereocenters. The number of anilines is 1. The monoisotopic (exact) mass is 264 g/mol. The van der Waals surface area contributed by atoms with E-state index in [-0.39, 0.29) is 0 Å². The fourth-order valence-electron chi connectivity index (χ4n) is 2.07. The Bertz CT molecular complexity index is 377. The number of nitrogens with zero attached hydrogens (tertiary/aromatic N) is 1. The number of aryl methyl sites for hydroxylation is 1. The molecule has 1 rings (SSSR count). The summed E-state index contributed by atoms with van der Waals surface area (Å²) in [6.07, 6.45) is 0. The Balaban J connectivity index is 2.73. The molecule has 0 saturated heterocycles. The first-order chi connectivity index (χ1) is 9.04. The van der Waals surface area contributed by atoms with Gasteiger partial charge in [0.1, 0.15) is 0 Å². The van der Waals surface area contributed by atoms with Gasteiger partial charge in [0.25, 0.3) is 0 Å². The van der Waals surface area contributed by atoms with Crippen molar-refractivity contribution in [1.29, 1.82) is 0 Å². The van der Waals surface area contributed by atoms with Crippen LogP contribution in [0.15, 0.2) is 18.2 Å². The van der Waals surface area contributed by atoms with E-state index in [2.05, 4.69) is 56.2 Å². The maximum atomic E-state index is 5.15. The largest absolute Gasteiger partial charge is 0.383 e. The van der Waals surface area contributed by atoms with Crippen LogP contribution in [0.1, 0.15) is 25.0 Å². The van der Waals surface area contributed by atoms with Crippen LogP contribution in [-0.2, 0) is 11.3 Å². The van der Waals surface area contributed by atoms with Crippen LogP contribution >= 0.6 is 0 Å². The molecule has 0 amide bonds. The fraction of sp³-hybridized carbons (Fsp3) is 0.625. The van der Waals surface area contributed by atoms with E-state index in [1.54, 1.807) is 7.11 Å². The summed E-state index contributed by atoms with van der Waals surface area (Å²) in [5.74, 6) is 0.680. The Hall–Kier alpha value is -1.06. The first-order valence-electron chi connectivity index (χ1n) is 7.05. The van der Waals surface area contributed by atoms with Gasteiger partial charge in [0.05, 0.1) is 6.61 Å². The van der Waals surface area contributed by atoms with Gasteiger partial charge in [-0.05, 0) is 31.0 Å². The van der Waals surface area contributed by atoms with Crippen LogP contribution in [0.25, 0.3) is 0 Å². The summed E-state index contributed by atoms with van der Waals surface area (Å²) in [6.45, 7) is 10.2. The zero-order valence-electron chi connectivity index (χ0n) is 13.0. The van der Waals surface area contributed by atoms with Crippen LogP contribution < -0.4 is 10.2 Å². The van der Waals surface area contributed by atoms with Gasteiger partial charge in [0.2, 0.25) is 0 Å². The van der Waals surface area contributed by atoms with Crippen LogP contribution in [0, 0.1) is 12.8 Å². The molecular formula is C16H28N2O. The van der Waals surface area contributed by atoms with Crippen LogP contribution in [0.5, 0.6) is 0 Å². The summed E-state index contributed by atoms with van der Waals surface area (Å²) in [5, 5.41) is 3.52. The highest BCUT2D eigenvalue weighted by atomic mass is 16.5. The SMILES string of the molecule is COCCN(C)c1ccc(C)cc1CNCC(C)C. The predicted molar refractivity (Wildman–Crippen MR) is 82.9 cm³/mol. The molecule has 0 aliphatic carbocycles. The first kappa shape index (κ1) is 16.0. The number of ether oxygens (including phenoxy) is 1. The molecule has 1 aromatic rings. The normalized spacial score (nSPS) is 11.1. The molecule has 3 heteroatoms. The number of hydrogen-bond acceptors (Lipinski definition) is 3. The summed E-state index contributed by atoms with van der Waals surface area (Å²) in [5.41, 5.74) is 3.96. The molecule has 0 heterocycles. The Morgan fingerprint density at radius 1 is 1.32 bits per heavy atom. The second-order valence-electron chi connectivity index (χ2n) is 5.57. The number of methoxy groups -OCH3 is 1. The lowest BCUT2D eigenvalue weighted by molar-refractivity contribution is 0.206. The number of hydrogen-bond donors (Lipinski definition) is 1. The second-order valence-corrected chi connectivity index (χ2v) is 5.57. The molecule has 108 valence electrons. The average molecular weight is 264 g/mol. The maximum absolute atomic E-state index is 5.15. The Morgan fingerprint density at radius 3 is 2.68 bits per heavy atom. The molecule has 0 radical (unpaired) electrons. The fourth-order valence-corrected chi connectivity index (χ4v) is 2.07. The quantitative estimate of drug-likeness (QED) is 0.781. The maximum Gasteiger partial charge on any atom is 0.0637 e.